The Morgan fingerprint density at radius 2 is 2.26 bits per heavy atom. The van der Waals surface area contributed by atoms with Gasteiger partial charge in [-0.05, 0) is 13.8 Å². The van der Waals surface area contributed by atoms with Gasteiger partial charge in [0.2, 0.25) is 11.8 Å². The third kappa shape index (κ3) is 4.89. The quantitative estimate of drug-likeness (QED) is 0.493. The van der Waals surface area contributed by atoms with Gasteiger partial charge in [-0.2, -0.15) is 0 Å². The van der Waals surface area contributed by atoms with E-state index >= 15 is 0 Å². The summed E-state index contributed by atoms with van der Waals surface area (Å²) in [5.74, 6) is 2.08. The van der Waals surface area contributed by atoms with Gasteiger partial charge in [0.15, 0.2) is 0 Å². The predicted octanol–water partition coefficient (Wildman–Crippen LogP) is -1.04. The van der Waals surface area contributed by atoms with Gasteiger partial charge < -0.3 is 15.0 Å². The van der Waals surface area contributed by atoms with E-state index in [4.69, 9.17) is 11.2 Å². The van der Waals surface area contributed by atoms with Crippen LogP contribution in [-0.4, -0.2) is 61.6 Å². The van der Waals surface area contributed by atoms with Crippen molar-refractivity contribution in [1.82, 2.24) is 15.5 Å². The summed E-state index contributed by atoms with van der Waals surface area (Å²) >= 11 is 0. The van der Waals surface area contributed by atoms with Gasteiger partial charge in [-0.15, -0.1) is 6.42 Å². The first-order chi connectivity index (χ1) is 9.06. The third-order valence-electron chi connectivity index (χ3n) is 2.69. The molecule has 106 valence electrons. The fourth-order valence-corrected chi connectivity index (χ4v) is 1.84. The Hall–Kier alpha value is -1.58. The van der Waals surface area contributed by atoms with E-state index < -0.39 is 6.04 Å². The molecular weight excluding hydrogens is 246 g/mol. The Morgan fingerprint density at radius 1 is 1.53 bits per heavy atom. The molecule has 1 atom stereocenters. The van der Waals surface area contributed by atoms with Gasteiger partial charge in [-0.3, -0.25) is 14.9 Å². The molecule has 6 heteroatoms. The van der Waals surface area contributed by atoms with E-state index in [1.165, 1.54) is 0 Å². The Balaban J connectivity index is 2.59. The Bertz CT molecular complexity index is 363. The van der Waals surface area contributed by atoms with Gasteiger partial charge in [0.05, 0.1) is 26.3 Å². The smallest absolute Gasteiger partial charge is 0.245 e. The maximum Gasteiger partial charge on any atom is 0.245 e. The van der Waals surface area contributed by atoms with Crippen LogP contribution in [0.4, 0.5) is 0 Å². The number of carbonyl (C=O) groups is 2. The van der Waals surface area contributed by atoms with Crippen molar-refractivity contribution in [2.75, 3.05) is 32.8 Å². The summed E-state index contributed by atoms with van der Waals surface area (Å²) < 4.78 is 5.28. The topological polar surface area (TPSA) is 70.7 Å². The summed E-state index contributed by atoms with van der Waals surface area (Å²) in [4.78, 5) is 25.6. The van der Waals surface area contributed by atoms with Gasteiger partial charge in [0.1, 0.15) is 6.04 Å². The lowest BCUT2D eigenvalue weighted by Gasteiger charge is -2.35. The van der Waals surface area contributed by atoms with Gasteiger partial charge >= 0.3 is 0 Å². The van der Waals surface area contributed by atoms with Crippen LogP contribution in [0.2, 0.25) is 0 Å². The molecule has 0 aromatic heterocycles. The fraction of sp³-hybridized carbons (Fsp3) is 0.692. The van der Waals surface area contributed by atoms with Gasteiger partial charge in [-0.1, -0.05) is 5.92 Å². The fourth-order valence-electron chi connectivity index (χ4n) is 1.84. The SMILES string of the molecule is C#CCNCC(=O)N1CCOCC1C(=O)NC(C)C. The molecular formula is C13H21N3O3. The van der Waals surface area contributed by atoms with Crippen LogP contribution in [0.3, 0.4) is 0 Å². The summed E-state index contributed by atoms with van der Waals surface area (Å²) in [6, 6.07) is -0.526. The number of rotatable bonds is 5. The van der Waals surface area contributed by atoms with Crippen LogP contribution in [0.25, 0.3) is 0 Å². The zero-order valence-electron chi connectivity index (χ0n) is 11.4. The van der Waals surface area contributed by atoms with E-state index in [0.717, 1.165) is 0 Å². The van der Waals surface area contributed by atoms with Gasteiger partial charge in [-0.25, -0.2) is 0 Å². The molecule has 0 spiro atoms. The van der Waals surface area contributed by atoms with Crippen LogP contribution in [-0.2, 0) is 14.3 Å². The summed E-state index contributed by atoms with van der Waals surface area (Å²) in [7, 11) is 0. The Labute approximate surface area is 113 Å². The van der Waals surface area contributed by atoms with Crippen LogP contribution in [0.5, 0.6) is 0 Å². The lowest BCUT2D eigenvalue weighted by atomic mass is 10.2. The summed E-state index contributed by atoms with van der Waals surface area (Å²) in [5, 5.41) is 5.63. The number of ether oxygens (including phenoxy) is 1. The molecule has 1 heterocycles. The highest BCUT2D eigenvalue weighted by molar-refractivity contribution is 5.88. The molecule has 2 amide bonds. The molecule has 1 aliphatic heterocycles. The van der Waals surface area contributed by atoms with Crippen molar-refractivity contribution in [2.24, 2.45) is 0 Å². The number of morpholine rings is 1. The molecule has 19 heavy (non-hydrogen) atoms. The second-order valence-corrected chi connectivity index (χ2v) is 4.65. The first-order valence-electron chi connectivity index (χ1n) is 6.38. The van der Waals surface area contributed by atoms with Crippen LogP contribution < -0.4 is 10.6 Å². The molecule has 0 aromatic carbocycles. The van der Waals surface area contributed by atoms with Gasteiger partial charge in [0, 0.05) is 12.6 Å². The molecule has 1 saturated heterocycles. The summed E-state index contributed by atoms with van der Waals surface area (Å²) in [6.07, 6.45) is 5.10. The Morgan fingerprint density at radius 3 is 2.89 bits per heavy atom. The van der Waals surface area contributed by atoms with E-state index in [-0.39, 0.29) is 31.0 Å². The summed E-state index contributed by atoms with van der Waals surface area (Å²) in [6.45, 7) is 5.33. The van der Waals surface area contributed by atoms with E-state index in [1.54, 1.807) is 4.90 Å². The van der Waals surface area contributed by atoms with Crippen molar-refractivity contribution in [3.63, 3.8) is 0 Å². The lowest BCUT2D eigenvalue weighted by Crippen LogP contribution is -2.58. The molecule has 1 rings (SSSR count). The molecule has 0 saturated carbocycles. The van der Waals surface area contributed by atoms with Crippen molar-refractivity contribution in [1.29, 1.82) is 0 Å². The first kappa shape index (κ1) is 15.5. The zero-order chi connectivity index (χ0) is 14.3. The average molecular weight is 267 g/mol. The van der Waals surface area contributed by atoms with Crippen LogP contribution in [0, 0.1) is 12.3 Å². The maximum absolute atomic E-state index is 12.0. The highest BCUT2D eigenvalue weighted by Crippen LogP contribution is 2.07. The van der Waals surface area contributed by atoms with E-state index in [2.05, 4.69) is 16.6 Å². The van der Waals surface area contributed by atoms with E-state index in [1.807, 2.05) is 13.8 Å². The minimum atomic E-state index is -0.559. The van der Waals surface area contributed by atoms with Crippen LogP contribution in [0.1, 0.15) is 13.8 Å². The number of terminal acetylenes is 1. The average Bonchev–Trinajstić information content (AvgIpc) is 2.38. The van der Waals surface area contributed by atoms with Gasteiger partial charge in [0.25, 0.3) is 0 Å². The minimum absolute atomic E-state index is 0.0333. The number of hydrogen-bond donors (Lipinski definition) is 2. The van der Waals surface area contributed by atoms with Crippen LogP contribution >= 0.6 is 0 Å². The maximum atomic E-state index is 12.0. The highest BCUT2D eigenvalue weighted by Gasteiger charge is 2.32. The normalized spacial score (nSPS) is 19.1. The summed E-state index contributed by atoms with van der Waals surface area (Å²) in [5.41, 5.74) is 0. The van der Waals surface area contributed by atoms with Crippen molar-refractivity contribution < 1.29 is 14.3 Å². The van der Waals surface area contributed by atoms with E-state index in [9.17, 15) is 9.59 Å². The molecule has 0 bridgehead atoms. The third-order valence-corrected chi connectivity index (χ3v) is 2.69. The van der Waals surface area contributed by atoms with Crippen molar-refractivity contribution >= 4 is 11.8 Å². The second-order valence-electron chi connectivity index (χ2n) is 4.65. The molecule has 1 fully saturated rings. The molecule has 0 aromatic rings. The molecule has 0 radical (unpaired) electrons. The molecule has 1 unspecified atom stereocenters. The number of nitrogens with zero attached hydrogens (tertiary/aromatic N) is 1. The molecule has 6 nitrogen and oxygen atoms in total. The van der Waals surface area contributed by atoms with Crippen LogP contribution in [0.15, 0.2) is 0 Å². The molecule has 1 aliphatic rings. The monoisotopic (exact) mass is 267 g/mol. The van der Waals surface area contributed by atoms with Crippen molar-refractivity contribution in [2.45, 2.75) is 25.9 Å². The predicted molar refractivity (Wildman–Crippen MR) is 71.3 cm³/mol. The number of hydrogen-bond acceptors (Lipinski definition) is 4. The lowest BCUT2D eigenvalue weighted by molar-refractivity contribution is -0.148. The standard InChI is InChI=1S/C13H21N3O3/c1-4-5-14-8-12(17)16-6-7-19-9-11(16)13(18)15-10(2)3/h1,10-11,14H,5-9H2,2-3H3,(H,15,18). The number of carbonyl (C=O) groups excluding carboxylic acids is 2. The second kappa shape index (κ2) is 7.77. The number of nitrogens with one attached hydrogen (secondary N) is 2. The van der Waals surface area contributed by atoms with E-state index in [0.29, 0.717) is 19.7 Å². The number of amides is 2. The first-order valence-corrected chi connectivity index (χ1v) is 6.38. The zero-order valence-corrected chi connectivity index (χ0v) is 11.4. The van der Waals surface area contributed by atoms with Crippen molar-refractivity contribution in [3.05, 3.63) is 0 Å². The largest absolute Gasteiger partial charge is 0.377 e. The highest BCUT2D eigenvalue weighted by atomic mass is 16.5. The molecule has 0 aliphatic carbocycles. The Kier molecular flexibility index (Phi) is 6.33. The minimum Gasteiger partial charge on any atom is -0.377 e. The molecule has 2 N–H and O–H groups in total. The van der Waals surface area contributed by atoms with Crippen molar-refractivity contribution in [3.8, 4) is 12.3 Å².